The Morgan fingerprint density at radius 2 is 1.55 bits per heavy atom. The summed E-state index contributed by atoms with van der Waals surface area (Å²) in [7, 11) is 0. The quantitative estimate of drug-likeness (QED) is 0.109. The normalized spacial score (nSPS) is 33.2. The van der Waals surface area contributed by atoms with E-state index < -0.39 is 108 Å². The van der Waals surface area contributed by atoms with Gasteiger partial charge >= 0.3 is 5.97 Å². The zero-order valence-corrected chi connectivity index (χ0v) is 34.4. The van der Waals surface area contributed by atoms with Crippen LogP contribution in [0.1, 0.15) is 99.8 Å². The monoisotopic (exact) mass is 826 g/mol. The van der Waals surface area contributed by atoms with Crippen LogP contribution in [0.25, 0.3) is 0 Å². The van der Waals surface area contributed by atoms with E-state index in [1.807, 2.05) is 0 Å². The van der Waals surface area contributed by atoms with Gasteiger partial charge in [0.2, 0.25) is 11.7 Å². The summed E-state index contributed by atoms with van der Waals surface area (Å²) in [6.45, 7) is 9.83. The van der Waals surface area contributed by atoms with Crippen LogP contribution in [0.4, 0.5) is 0 Å². The van der Waals surface area contributed by atoms with Crippen LogP contribution in [0.5, 0.6) is 0 Å². The third kappa shape index (κ3) is 10.2. The Morgan fingerprint density at radius 3 is 2.14 bits per heavy atom. The van der Waals surface area contributed by atoms with E-state index >= 15 is 0 Å². The number of nitrogens with one attached hydrogen (secondary N) is 4. The van der Waals surface area contributed by atoms with E-state index in [-0.39, 0.29) is 48.4 Å². The molecule has 21 nitrogen and oxygen atoms in total. The van der Waals surface area contributed by atoms with Crippen LogP contribution in [0, 0.1) is 17.8 Å². The summed E-state index contributed by atoms with van der Waals surface area (Å²) in [5, 5.41) is 52.0. The highest BCUT2D eigenvalue weighted by Crippen LogP contribution is 2.40. The van der Waals surface area contributed by atoms with E-state index in [2.05, 4.69) is 35.3 Å². The van der Waals surface area contributed by atoms with Gasteiger partial charge in [-0.3, -0.25) is 54.0 Å². The first kappa shape index (κ1) is 46.7. The number of aliphatic hydroxyl groups is 2. The number of hydrogen-bond acceptors (Lipinski definition) is 15. The first-order valence-corrected chi connectivity index (χ1v) is 20.2. The van der Waals surface area contributed by atoms with Crippen molar-refractivity contribution in [1.29, 1.82) is 0 Å². The second kappa shape index (κ2) is 19.4. The van der Waals surface area contributed by atoms with E-state index in [1.165, 1.54) is 20.8 Å². The summed E-state index contributed by atoms with van der Waals surface area (Å²) in [5.74, 6) is -10.3. The number of carbonyl (C=O) groups is 7. The van der Waals surface area contributed by atoms with Gasteiger partial charge in [0.15, 0.2) is 5.60 Å². The lowest BCUT2D eigenvalue weighted by Gasteiger charge is -2.47. The maximum absolute atomic E-state index is 14.7. The van der Waals surface area contributed by atoms with Crippen molar-refractivity contribution in [2.24, 2.45) is 17.8 Å². The number of amides is 6. The number of hydroxylamine groups is 4. The summed E-state index contributed by atoms with van der Waals surface area (Å²) >= 11 is 0. The Morgan fingerprint density at radius 1 is 0.948 bits per heavy atom. The van der Waals surface area contributed by atoms with Crippen LogP contribution in [-0.2, 0) is 43.0 Å². The number of ether oxygens (including phenoxy) is 2. The molecule has 0 aromatic carbocycles. The molecule has 328 valence electrons. The van der Waals surface area contributed by atoms with E-state index in [9.17, 15) is 54.2 Å². The minimum absolute atomic E-state index is 0.0289. The van der Waals surface area contributed by atoms with Crippen LogP contribution in [0.3, 0.4) is 0 Å². The van der Waals surface area contributed by atoms with Gasteiger partial charge in [-0.25, -0.2) is 21.0 Å². The third-order valence-electron chi connectivity index (χ3n) is 11.8. The molecule has 8 N–H and O–H groups in total. The number of nitrogens with zero attached hydrogens (tertiary/aromatic N) is 4. The number of esters is 1. The van der Waals surface area contributed by atoms with E-state index in [0.717, 1.165) is 29.8 Å². The number of cyclic esters (lactones) is 1. The molecule has 10 atom stereocenters. The first-order valence-electron chi connectivity index (χ1n) is 20.2. The molecule has 0 bridgehead atoms. The molecule has 0 aromatic rings. The van der Waals surface area contributed by atoms with Gasteiger partial charge in [0, 0.05) is 19.5 Å². The average Bonchev–Trinajstić information content (AvgIpc) is 3.19. The van der Waals surface area contributed by atoms with Crippen molar-refractivity contribution in [1.82, 2.24) is 41.6 Å². The molecule has 0 radical (unpaired) electrons. The smallest absolute Gasteiger partial charge is 0.328 e. The molecule has 0 unspecified atom stereocenters. The molecule has 4 fully saturated rings. The molecule has 0 aliphatic carbocycles. The molecule has 6 amide bonds. The summed E-state index contributed by atoms with van der Waals surface area (Å²) < 4.78 is 11.7. The second-order valence-corrected chi connectivity index (χ2v) is 16.5. The molecular formula is C37H62N8O13. The zero-order chi connectivity index (χ0) is 43.3. The SMILES string of the molecule is CC[C@H](C)C[C@H]1CC[C@](O)([C@@](C)(O)C(=O)N[C@@H]2C(=O)N3NCCC[C@@H]3C(=O)N(O)[C@@H](C)C(=O)NCC(=O)N3NCCC[C@H]3C(=O)N(O)CC(=O)O[C@H]2C(C)C)O[C@@H]1C. The highest BCUT2D eigenvalue weighted by molar-refractivity contribution is 5.96. The Bertz CT molecular complexity index is 1550. The molecule has 4 heterocycles. The number of fused-ring (bicyclic) bond motifs is 2. The topological polar surface area (TPSA) is 280 Å². The largest absolute Gasteiger partial charge is 0.458 e. The molecule has 0 saturated carbocycles. The van der Waals surface area contributed by atoms with Crippen molar-refractivity contribution >= 4 is 41.4 Å². The van der Waals surface area contributed by atoms with Gasteiger partial charge < -0.3 is 30.3 Å². The van der Waals surface area contributed by atoms with Gasteiger partial charge in [-0.1, -0.05) is 34.1 Å². The van der Waals surface area contributed by atoms with Crippen molar-refractivity contribution in [3.05, 3.63) is 0 Å². The molecule has 0 spiro atoms. The zero-order valence-electron chi connectivity index (χ0n) is 34.4. The highest BCUT2D eigenvalue weighted by Gasteiger charge is 2.57. The second-order valence-electron chi connectivity index (χ2n) is 16.5. The standard InChI is InChI=1S/C37H62N8O13/c1-8-21(4)17-24-13-14-37(54,58-23(24)6)36(7,53)35(52)41-29-30(20(2)3)57-28(47)19-42(55)32(49)25-11-9-15-39-43(25)27(46)18-38-31(48)22(5)45(56)33(50)26-12-10-16-40-44(26)34(29)51/h20-26,29-30,39-40,53-56H,8-19H2,1-7H3,(H,38,48)(H,41,52)/t21-,22-,23+,24+,25-,26+,29-,30-,36-,37+/m0/s1. The van der Waals surface area contributed by atoms with Gasteiger partial charge in [0.05, 0.1) is 12.6 Å². The fourth-order valence-corrected chi connectivity index (χ4v) is 7.75. The van der Waals surface area contributed by atoms with Crippen LogP contribution in [-0.4, -0.2) is 156 Å². The van der Waals surface area contributed by atoms with Gasteiger partial charge in [0.1, 0.15) is 36.8 Å². The van der Waals surface area contributed by atoms with Gasteiger partial charge in [-0.15, -0.1) is 0 Å². The lowest BCUT2D eigenvalue weighted by molar-refractivity contribution is -0.326. The van der Waals surface area contributed by atoms with Crippen molar-refractivity contribution in [2.45, 2.75) is 148 Å². The Kier molecular flexibility index (Phi) is 15.6. The van der Waals surface area contributed by atoms with Crippen LogP contribution in [0.15, 0.2) is 0 Å². The number of rotatable bonds is 7. The number of hydrogen-bond donors (Lipinski definition) is 8. The minimum Gasteiger partial charge on any atom is -0.458 e. The van der Waals surface area contributed by atoms with Crippen molar-refractivity contribution < 1.29 is 63.7 Å². The predicted molar refractivity (Wildman–Crippen MR) is 200 cm³/mol. The summed E-state index contributed by atoms with van der Waals surface area (Å²) in [4.78, 5) is 95.9. The molecule has 4 saturated heterocycles. The molecule has 4 aliphatic heterocycles. The molecular weight excluding hydrogens is 764 g/mol. The molecule has 58 heavy (non-hydrogen) atoms. The molecule has 4 rings (SSSR count). The van der Waals surface area contributed by atoms with Gasteiger partial charge in [-0.05, 0) is 77.0 Å². The Hall–Kier alpha value is -3.99. The lowest BCUT2D eigenvalue weighted by Crippen LogP contribution is -2.70. The van der Waals surface area contributed by atoms with E-state index in [0.29, 0.717) is 25.2 Å². The maximum Gasteiger partial charge on any atom is 0.328 e. The third-order valence-corrected chi connectivity index (χ3v) is 11.8. The Labute approximate surface area is 337 Å². The summed E-state index contributed by atoms with van der Waals surface area (Å²) in [5.41, 5.74) is 2.83. The summed E-state index contributed by atoms with van der Waals surface area (Å²) in [6, 6.07) is -6.28. The summed E-state index contributed by atoms with van der Waals surface area (Å²) in [6.07, 6.45) is 0.595. The molecule has 4 aliphatic rings. The van der Waals surface area contributed by atoms with Crippen molar-refractivity contribution in [3.8, 4) is 0 Å². The van der Waals surface area contributed by atoms with Crippen LogP contribution in [0.2, 0.25) is 0 Å². The Balaban J connectivity index is 1.73. The minimum atomic E-state index is -2.69. The van der Waals surface area contributed by atoms with Gasteiger partial charge in [-0.2, -0.15) is 0 Å². The lowest BCUT2D eigenvalue weighted by atomic mass is 9.79. The van der Waals surface area contributed by atoms with Crippen molar-refractivity contribution in [2.75, 3.05) is 26.2 Å². The van der Waals surface area contributed by atoms with E-state index in [1.54, 1.807) is 6.92 Å². The number of carbonyl (C=O) groups excluding carboxylic acids is 7. The van der Waals surface area contributed by atoms with E-state index in [4.69, 9.17) is 9.47 Å². The van der Waals surface area contributed by atoms with Gasteiger partial charge in [0.25, 0.3) is 29.5 Å². The number of hydrazine groups is 2. The first-order chi connectivity index (χ1) is 27.1. The maximum atomic E-state index is 14.7. The fourth-order valence-electron chi connectivity index (χ4n) is 7.75. The average molecular weight is 827 g/mol. The van der Waals surface area contributed by atoms with Crippen LogP contribution < -0.4 is 21.5 Å². The molecule has 0 aromatic heterocycles. The highest BCUT2D eigenvalue weighted by atomic mass is 16.6. The predicted octanol–water partition coefficient (Wildman–Crippen LogP) is -1.32. The fraction of sp³-hybridized carbons (Fsp3) is 0.811. The van der Waals surface area contributed by atoms with Crippen LogP contribution >= 0.6 is 0 Å². The molecule has 21 heteroatoms. The van der Waals surface area contributed by atoms with Crippen molar-refractivity contribution in [3.63, 3.8) is 0 Å².